The number of carbonyl (C=O) groups is 3. The van der Waals surface area contributed by atoms with Crippen molar-refractivity contribution >= 4 is 18.0 Å². The van der Waals surface area contributed by atoms with Gasteiger partial charge in [-0.1, -0.05) is 30.3 Å². The van der Waals surface area contributed by atoms with Crippen LogP contribution in [0.1, 0.15) is 40.2 Å². The molecule has 0 bridgehead atoms. The van der Waals surface area contributed by atoms with Crippen LogP contribution in [0.3, 0.4) is 0 Å². The summed E-state index contributed by atoms with van der Waals surface area (Å²) in [4.78, 5) is 35.7. The van der Waals surface area contributed by atoms with Crippen LogP contribution >= 0.6 is 0 Å². The van der Waals surface area contributed by atoms with Gasteiger partial charge in [-0.25, -0.2) is 9.59 Å². The minimum Gasteiger partial charge on any atom is -0.458 e. The van der Waals surface area contributed by atoms with E-state index < -0.39 is 29.2 Å². The standard InChI is InChI=1S/C17H24N2O5/c1-12(20)18-17(5,19-15(22)24-16(2,3)4)14(21)23-11-13-9-7-6-8-10-13/h6-10H,11H2,1-5H3,(H,18,20)(H,19,22)/t17-/m0/s1. The summed E-state index contributed by atoms with van der Waals surface area (Å²) in [7, 11) is 0. The highest BCUT2D eigenvalue weighted by Crippen LogP contribution is 2.11. The second kappa shape index (κ2) is 7.81. The van der Waals surface area contributed by atoms with E-state index in [0.29, 0.717) is 0 Å². The molecular formula is C17H24N2O5. The van der Waals surface area contributed by atoms with E-state index >= 15 is 0 Å². The second-order valence-corrected chi connectivity index (χ2v) is 6.49. The van der Waals surface area contributed by atoms with Gasteiger partial charge in [-0.15, -0.1) is 0 Å². The zero-order valence-corrected chi connectivity index (χ0v) is 14.6. The highest BCUT2D eigenvalue weighted by molar-refractivity contribution is 5.89. The molecule has 1 aromatic carbocycles. The third-order valence-electron chi connectivity index (χ3n) is 2.80. The maximum atomic E-state index is 12.4. The molecule has 0 saturated heterocycles. The molecule has 0 saturated carbocycles. The molecule has 7 nitrogen and oxygen atoms in total. The number of hydrogen-bond donors (Lipinski definition) is 2. The fraction of sp³-hybridized carbons (Fsp3) is 0.471. The van der Waals surface area contributed by atoms with Crippen LogP contribution in [0.25, 0.3) is 0 Å². The first kappa shape index (κ1) is 19.5. The highest BCUT2D eigenvalue weighted by atomic mass is 16.6. The summed E-state index contributed by atoms with van der Waals surface area (Å²) in [5.41, 5.74) is -1.69. The predicted octanol–water partition coefficient (Wildman–Crippen LogP) is 2.11. The van der Waals surface area contributed by atoms with E-state index in [9.17, 15) is 14.4 Å². The molecule has 7 heteroatoms. The van der Waals surface area contributed by atoms with Crippen molar-refractivity contribution in [1.82, 2.24) is 10.6 Å². The Hall–Kier alpha value is -2.57. The highest BCUT2D eigenvalue weighted by Gasteiger charge is 2.39. The van der Waals surface area contributed by atoms with E-state index in [1.165, 1.54) is 13.8 Å². The molecule has 2 N–H and O–H groups in total. The number of alkyl carbamates (subject to hydrolysis) is 1. The van der Waals surface area contributed by atoms with Gasteiger partial charge in [0.05, 0.1) is 0 Å². The van der Waals surface area contributed by atoms with Crippen LogP contribution in [-0.4, -0.2) is 29.2 Å². The van der Waals surface area contributed by atoms with Crippen molar-refractivity contribution in [2.24, 2.45) is 0 Å². The van der Waals surface area contributed by atoms with Crippen molar-refractivity contribution in [2.45, 2.75) is 52.5 Å². The fourth-order valence-electron chi connectivity index (χ4n) is 1.86. The first-order chi connectivity index (χ1) is 11.0. The molecule has 0 heterocycles. The minimum atomic E-state index is -1.73. The van der Waals surface area contributed by atoms with Gasteiger partial charge in [0.2, 0.25) is 11.6 Å². The molecule has 0 fully saturated rings. The van der Waals surface area contributed by atoms with Gasteiger partial charge < -0.3 is 14.8 Å². The molecule has 0 aliphatic carbocycles. The number of esters is 1. The number of nitrogens with one attached hydrogen (secondary N) is 2. The van der Waals surface area contributed by atoms with Gasteiger partial charge in [0.1, 0.15) is 12.2 Å². The SMILES string of the molecule is CC(=O)N[C@@](C)(NC(=O)OC(C)(C)C)C(=O)OCc1ccccc1. The number of amides is 2. The molecule has 24 heavy (non-hydrogen) atoms. The van der Waals surface area contributed by atoms with E-state index in [0.717, 1.165) is 5.56 Å². The number of hydrogen-bond acceptors (Lipinski definition) is 5. The van der Waals surface area contributed by atoms with Crippen molar-refractivity contribution in [2.75, 3.05) is 0 Å². The van der Waals surface area contributed by atoms with Gasteiger partial charge >= 0.3 is 12.1 Å². The van der Waals surface area contributed by atoms with Crippen LogP contribution in [-0.2, 0) is 25.7 Å². The Morgan fingerprint density at radius 2 is 1.58 bits per heavy atom. The molecule has 0 aromatic heterocycles. The molecule has 2 amide bonds. The summed E-state index contributed by atoms with van der Waals surface area (Å²) in [6.45, 7) is 7.66. The Morgan fingerprint density at radius 3 is 2.08 bits per heavy atom. The van der Waals surface area contributed by atoms with Crippen LogP contribution in [0.4, 0.5) is 4.79 Å². The van der Waals surface area contributed by atoms with E-state index in [4.69, 9.17) is 9.47 Å². The minimum absolute atomic E-state index is 0.0187. The van der Waals surface area contributed by atoms with Gasteiger partial charge in [0.15, 0.2) is 0 Å². The van der Waals surface area contributed by atoms with E-state index in [-0.39, 0.29) is 6.61 Å². The summed E-state index contributed by atoms with van der Waals surface area (Å²) in [5.74, 6) is -1.29. The lowest BCUT2D eigenvalue weighted by molar-refractivity contribution is -0.155. The van der Waals surface area contributed by atoms with Crippen LogP contribution in [0.2, 0.25) is 0 Å². The van der Waals surface area contributed by atoms with Gasteiger partial charge in [-0.05, 0) is 33.3 Å². The molecule has 0 aliphatic heterocycles. The van der Waals surface area contributed by atoms with Crippen molar-refractivity contribution < 1.29 is 23.9 Å². The summed E-state index contributed by atoms with van der Waals surface area (Å²) in [6, 6.07) is 9.07. The van der Waals surface area contributed by atoms with Crippen LogP contribution in [0.5, 0.6) is 0 Å². The average Bonchev–Trinajstić information content (AvgIpc) is 2.42. The molecule has 0 radical (unpaired) electrons. The van der Waals surface area contributed by atoms with E-state index in [2.05, 4.69) is 10.6 Å². The van der Waals surface area contributed by atoms with E-state index in [1.54, 1.807) is 32.9 Å². The Morgan fingerprint density at radius 1 is 1.00 bits per heavy atom. The Balaban J connectivity index is 2.79. The molecule has 0 aliphatic rings. The topological polar surface area (TPSA) is 93.7 Å². The molecule has 0 spiro atoms. The summed E-state index contributed by atoms with van der Waals surface area (Å²) in [6.07, 6.45) is -0.838. The second-order valence-electron chi connectivity index (χ2n) is 6.49. The average molecular weight is 336 g/mol. The van der Waals surface area contributed by atoms with Gasteiger partial charge in [0, 0.05) is 6.92 Å². The van der Waals surface area contributed by atoms with Gasteiger partial charge in [0.25, 0.3) is 0 Å². The van der Waals surface area contributed by atoms with Crippen LogP contribution in [0, 0.1) is 0 Å². The summed E-state index contributed by atoms with van der Waals surface area (Å²) in [5, 5.41) is 4.73. The molecule has 1 rings (SSSR count). The zero-order chi connectivity index (χ0) is 18.4. The molecule has 1 aromatic rings. The summed E-state index contributed by atoms with van der Waals surface area (Å²) >= 11 is 0. The third kappa shape index (κ3) is 6.68. The van der Waals surface area contributed by atoms with E-state index in [1.807, 2.05) is 18.2 Å². The molecule has 0 unspecified atom stereocenters. The Kier molecular flexibility index (Phi) is 6.34. The monoisotopic (exact) mass is 336 g/mol. The van der Waals surface area contributed by atoms with Crippen molar-refractivity contribution in [1.29, 1.82) is 0 Å². The molecule has 132 valence electrons. The Bertz CT molecular complexity index is 595. The lowest BCUT2D eigenvalue weighted by Gasteiger charge is -2.30. The summed E-state index contributed by atoms with van der Waals surface area (Å²) < 4.78 is 10.3. The third-order valence-corrected chi connectivity index (χ3v) is 2.80. The smallest absolute Gasteiger partial charge is 0.409 e. The lowest BCUT2D eigenvalue weighted by Crippen LogP contribution is -2.64. The number of carbonyl (C=O) groups excluding carboxylic acids is 3. The first-order valence-electron chi connectivity index (χ1n) is 7.53. The maximum Gasteiger partial charge on any atom is 0.409 e. The number of rotatable bonds is 5. The first-order valence-corrected chi connectivity index (χ1v) is 7.53. The quantitative estimate of drug-likeness (QED) is 0.634. The van der Waals surface area contributed by atoms with Crippen molar-refractivity contribution in [3.05, 3.63) is 35.9 Å². The lowest BCUT2D eigenvalue weighted by atomic mass is 10.2. The van der Waals surface area contributed by atoms with Crippen molar-refractivity contribution in [3.8, 4) is 0 Å². The largest absolute Gasteiger partial charge is 0.458 e. The maximum absolute atomic E-state index is 12.4. The van der Waals surface area contributed by atoms with Crippen LogP contribution in [0.15, 0.2) is 30.3 Å². The molecular weight excluding hydrogens is 312 g/mol. The number of benzene rings is 1. The van der Waals surface area contributed by atoms with Gasteiger partial charge in [-0.2, -0.15) is 0 Å². The van der Waals surface area contributed by atoms with Crippen molar-refractivity contribution in [3.63, 3.8) is 0 Å². The normalized spacial score (nSPS) is 13.4. The molecule has 1 atom stereocenters. The van der Waals surface area contributed by atoms with Crippen LogP contribution < -0.4 is 10.6 Å². The predicted molar refractivity (Wildman–Crippen MR) is 87.8 cm³/mol. The zero-order valence-electron chi connectivity index (χ0n) is 14.6. The number of ether oxygens (including phenoxy) is 2. The Labute approximate surface area is 141 Å². The fourth-order valence-corrected chi connectivity index (χ4v) is 1.86. The van der Waals surface area contributed by atoms with Gasteiger partial charge in [-0.3, -0.25) is 10.1 Å².